The van der Waals surface area contributed by atoms with Crippen molar-refractivity contribution in [2.45, 2.75) is 32.3 Å². The second-order valence-electron chi connectivity index (χ2n) is 8.02. The maximum atomic E-state index is 12.7. The van der Waals surface area contributed by atoms with Crippen LogP contribution in [0, 0.1) is 20.8 Å². The highest BCUT2D eigenvalue weighted by Gasteiger charge is 2.17. The molecule has 0 saturated heterocycles. The van der Waals surface area contributed by atoms with Crippen molar-refractivity contribution in [3.63, 3.8) is 0 Å². The van der Waals surface area contributed by atoms with E-state index in [0.29, 0.717) is 16.7 Å². The Balaban J connectivity index is 1.60. The zero-order valence-electron chi connectivity index (χ0n) is 19.0. The molecule has 0 aliphatic heterocycles. The topological polar surface area (TPSA) is 126 Å². The fraction of sp³-hybridized carbons (Fsp3) is 0.208. The summed E-state index contributed by atoms with van der Waals surface area (Å²) < 4.78 is 1.84. The highest BCUT2D eigenvalue weighted by Crippen LogP contribution is 2.24. The number of aromatic nitrogens is 5. The van der Waals surface area contributed by atoms with Gasteiger partial charge in [-0.05, 0) is 55.7 Å². The van der Waals surface area contributed by atoms with Crippen molar-refractivity contribution in [3.05, 3.63) is 97.6 Å². The number of H-pyrrole nitrogens is 2. The van der Waals surface area contributed by atoms with E-state index in [1.807, 2.05) is 67.8 Å². The van der Waals surface area contributed by atoms with E-state index >= 15 is 0 Å². The summed E-state index contributed by atoms with van der Waals surface area (Å²) in [7, 11) is 0. The number of nitrogens with one attached hydrogen (secondary N) is 3. The van der Waals surface area contributed by atoms with Crippen LogP contribution in [0.3, 0.4) is 0 Å². The second-order valence-corrected chi connectivity index (χ2v) is 8.96. The van der Waals surface area contributed by atoms with Gasteiger partial charge in [-0.15, -0.1) is 10.2 Å². The number of carbonyl (C=O) groups excluding carboxylic acids is 1. The Morgan fingerprint density at radius 1 is 1.00 bits per heavy atom. The Morgan fingerprint density at radius 3 is 2.56 bits per heavy atom. The Hall–Kier alpha value is -3.92. The number of amides is 1. The molecular weight excluding hydrogens is 452 g/mol. The highest BCUT2D eigenvalue weighted by molar-refractivity contribution is 7.99. The molecule has 2 aromatic carbocycles. The maximum Gasteiger partial charge on any atom is 0.325 e. The first-order valence-electron chi connectivity index (χ1n) is 10.6. The number of carbonyl (C=O) groups is 1. The van der Waals surface area contributed by atoms with Gasteiger partial charge in [-0.2, -0.15) is 0 Å². The number of thioether (sulfide) groups is 1. The SMILES string of the molecule is Cc1cccc(-n2c(Cc3cc(=O)[nH]c(=O)[nH]3)nnc2SCC(=O)Nc2cc(C)ccc2C)c1. The number of aromatic amines is 2. The largest absolute Gasteiger partial charge is 0.325 e. The van der Waals surface area contributed by atoms with Crippen LogP contribution in [0.5, 0.6) is 0 Å². The average molecular weight is 477 g/mol. The molecule has 0 atom stereocenters. The molecular formula is C24H24N6O3S. The second kappa shape index (κ2) is 9.92. The van der Waals surface area contributed by atoms with Crippen LogP contribution in [0.4, 0.5) is 5.69 Å². The lowest BCUT2D eigenvalue weighted by Gasteiger charge is -2.12. The summed E-state index contributed by atoms with van der Waals surface area (Å²) in [5.74, 6) is 0.515. The minimum absolute atomic E-state index is 0.138. The molecule has 4 rings (SSSR count). The van der Waals surface area contributed by atoms with Gasteiger partial charge in [0.1, 0.15) is 5.82 Å². The van der Waals surface area contributed by atoms with Crippen molar-refractivity contribution in [3.8, 4) is 5.69 Å². The van der Waals surface area contributed by atoms with Crippen molar-refractivity contribution >= 4 is 23.4 Å². The normalized spacial score (nSPS) is 10.9. The van der Waals surface area contributed by atoms with Gasteiger partial charge in [-0.3, -0.25) is 19.1 Å². The van der Waals surface area contributed by atoms with E-state index in [2.05, 4.69) is 25.5 Å². The van der Waals surface area contributed by atoms with Gasteiger partial charge < -0.3 is 10.3 Å². The molecule has 2 heterocycles. The molecule has 0 aliphatic rings. The number of nitrogens with zero attached hydrogens (tertiary/aromatic N) is 3. The fourth-order valence-electron chi connectivity index (χ4n) is 3.51. The van der Waals surface area contributed by atoms with Gasteiger partial charge in [-0.1, -0.05) is 36.0 Å². The van der Waals surface area contributed by atoms with E-state index in [1.54, 1.807) is 0 Å². The van der Waals surface area contributed by atoms with Gasteiger partial charge in [0.25, 0.3) is 5.56 Å². The summed E-state index contributed by atoms with van der Waals surface area (Å²) in [4.78, 5) is 40.8. The number of benzene rings is 2. The molecule has 4 aromatic rings. The molecule has 0 saturated carbocycles. The summed E-state index contributed by atoms with van der Waals surface area (Å²) in [6, 6.07) is 15.0. The third-order valence-electron chi connectivity index (χ3n) is 5.12. The zero-order valence-corrected chi connectivity index (χ0v) is 19.8. The number of anilines is 1. The highest BCUT2D eigenvalue weighted by atomic mass is 32.2. The predicted molar refractivity (Wildman–Crippen MR) is 132 cm³/mol. The molecule has 174 valence electrons. The molecule has 0 radical (unpaired) electrons. The summed E-state index contributed by atoms with van der Waals surface area (Å²) in [5.41, 5.74) is 4.05. The molecule has 1 amide bonds. The Labute approximate surface area is 199 Å². The maximum absolute atomic E-state index is 12.7. The standard InChI is InChI=1S/C24H24N6O3S/c1-14-5-4-6-18(9-14)30-20(11-17-12-21(31)27-23(33)25-17)28-29-24(30)34-13-22(32)26-19-10-15(2)7-8-16(19)3/h4-10,12H,11,13H2,1-3H3,(H,26,32)(H2,25,27,31,33). The van der Waals surface area contributed by atoms with Gasteiger partial charge in [0.05, 0.1) is 5.75 Å². The van der Waals surface area contributed by atoms with Gasteiger partial charge in [-0.25, -0.2) is 4.79 Å². The van der Waals surface area contributed by atoms with Crippen LogP contribution < -0.4 is 16.6 Å². The number of hydrogen-bond acceptors (Lipinski definition) is 6. The first-order chi connectivity index (χ1) is 16.3. The minimum Gasteiger partial charge on any atom is -0.325 e. The van der Waals surface area contributed by atoms with Crippen LogP contribution in [-0.2, 0) is 11.2 Å². The predicted octanol–water partition coefficient (Wildman–Crippen LogP) is 2.89. The van der Waals surface area contributed by atoms with E-state index in [0.717, 1.165) is 28.1 Å². The summed E-state index contributed by atoms with van der Waals surface area (Å²) in [6.07, 6.45) is 0.190. The van der Waals surface area contributed by atoms with E-state index in [-0.39, 0.29) is 18.1 Å². The third kappa shape index (κ3) is 5.52. The molecule has 3 N–H and O–H groups in total. The van der Waals surface area contributed by atoms with Crippen LogP contribution >= 0.6 is 11.8 Å². The lowest BCUT2D eigenvalue weighted by Crippen LogP contribution is -2.23. The molecule has 0 fully saturated rings. The first kappa shape index (κ1) is 23.2. The molecule has 9 nitrogen and oxygen atoms in total. The molecule has 0 bridgehead atoms. The Kier molecular flexibility index (Phi) is 6.78. The van der Waals surface area contributed by atoms with E-state index in [1.165, 1.54) is 17.8 Å². The summed E-state index contributed by atoms with van der Waals surface area (Å²) in [5, 5.41) is 12.1. The quantitative estimate of drug-likeness (QED) is 0.352. The number of hydrogen-bond donors (Lipinski definition) is 3. The van der Waals surface area contributed by atoms with Gasteiger partial charge >= 0.3 is 5.69 Å². The fourth-order valence-corrected chi connectivity index (χ4v) is 4.28. The average Bonchev–Trinajstić information content (AvgIpc) is 3.16. The number of rotatable bonds is 7. The van der Waals surface area contributed by atoms with Crippen LogP contribution in [-0.4, -0.2) is 36.4 Å². The van der Waals surface area contributed by atoms with Gasteiger partial charge in [0.2, 0.25) is 5.91 Å². The van der Waals surface area contributed by atoms with Gasteiger partial charge in [0, 0.05) is 29.6 Å². The van der Waals surface area contributed by atoms with Crippen LogP contribution in [0.2, 0.25) is 0 Å². The van der Waals surface area contributed by atoms with Crippen molar-refractivity contribution in [2.24, 2.45) is 0 Å². The van der Waals surface area contributed by atoms with Crippen molar-refractivity contribution in [2.75, 3.05) is 11.1 Å². The summed E-state index contributed by atoms with van der Waals surface area (Å²) in [6.45, 7) is 5.90. The Morgan fingerprint density at radius 2 is 1.79 bits per heavy atom. The van der Waals surface area contributed by atoms with Crippen molar-refractivity contribution in [1.29, 1.82) is 0 Å². The van der Waals surface area contributed by atoms with Crippen molar-refractivity contribution < 1.29 is 4.79 Å². The monoisotopic (exact) mass is 476 g/mol. The molecule has 0 spiro atoms. The van der Waals surface area contributed by atoms with E-state index in [9.17, 15) is 14.4 Å². The zero-order chi connectivity index (χ0) is 24.2. The molecule has 2 aromatic heterocycles. The smallest absolute Gasteiger partial charge is 0.325 e. The van der Waals surface area contributed by atoms with Crippen LogP contribution in [0.25, 0.3) is 5.69 Å². The van der Waals surface area contributed by atoms with Crippen molar-refractivity contribution in [1.82, 2.24) is 24.7 Å². The van der Waals surface area contributed by atoms with Crippen LogP contribution in [0.15, 0.2) is 63.3 Å². The first-order valence-corrected chi connectivity index (χ1v) is 11.6. The molecule has 0 aliphatic carbocycles. The molecule has 10 heteroatoms. The molecule has 34 heavy (non-hydrogen) atoms. The molecule has 0 unspecified atom stereocenters. The summed E-state index contributed by atoms with van der Waals surface area (Å²) >= 11 is 1.26. The van der Waals surface area contributed by atoms with E-state index < -0.39 is 11.2 Å². The lowest BCUT2D eigenvalue weighted by atomic mass is 10.1. The lowest BCUT2D eigenvalue weighted by molar-refractivity contribution is -0.113. The van der Waals surface area contributed by atoms with E-state index in [4.69, 9.17) is 0 Å². The van der Waals surface area contributed by atoms with Crippen LogP contribution in [0.1, 0.15) is 28.2 Å². The number of aryl methyl sites for hydroxylation is 3. The Bertz CT molecular complexity index is 1440. The third-order valence-corrected chi connectivity index (χ3v) is 6.05. The van der Waals surface area contributed by atoms with Gasteiger partial charge in [0.15, 0.2) is 5.16 Å². The minimum atomic E-state index is -0.582.